The molecule has 0 radical (unpaired) electrons. The van der Waals surface area contributed by atoms with Crippen LogP contribution in [-0.4, -0.2) is 35.6 Å². The van der Waals surface area contributed by atoms with Crippen molar-refractivity contribution in [2.75, 3.05) is 19.6 Å². The summed E-state index contributed by atoms with van der Waals surface area (Å²) >= 11 is 0. The van der Waals surface area contributed by atoms with Crippen molar-refractivity contribution in [2.45, 2.75) is 6.42 Å². The molecule has 0 aromatic carbocycles. The summed E-state index contributed by atoms with van der Waals surface area (Å²) in [7, 11) is 0. The molecule has 0 fully saturated rings. The number of hydrogen-bond acceptors (Lipinski definition) is 4. The Kier molecular flexibility index (Phi) is 5.33. The van der Waals surface area contributed by atoms with Gasteiger partial charge in [0.25, 0.3) is 0 Å². The minimum absolute atomic E-state index is 0.0383. The number of carbonyl (C=O) groups is 1. The van der Waals surface area contributed by atoms with E-state index in [0.717, 1.165) is 0 Å². The summed E-state index contributed by atoms with van der Waals surface area (Å²) in [4.78, 5) is 11.6. The average Bonchev–Trinajstić information content (AvgIpc) is 2.01. The lowest BCUT2D eigenvalue weighted by atomic mass is 10.4. The van der Waals surface area contributed by atoms with Crippen molar-refractivity contribution in [3.63, 3.8) is 0 Å². The number of rotatable bonds is 5. The van der Waals surface area contributed by atoms with E-state index in [1.165, 1.54) is 4.90 Å². The van der Waals surface area contributed by atoms with Crippen LogP contribution in [0, 0.1) is 22.7 Å². The summed E-state index contributed by atoms with van der Waals surface area (Å²) in [5.41, 5.74) is 0. The Labute approximate surface area is 70.4 Å². The zero-order chi connectivity index (χ0) is 9.40. The molecule has 64 valence electrons. The van der Waals surface area contributed by atoms with E-state index < -0.39 is 5.97 Å². The van der Waals surface area contributed by atoms with Gasteiger partial charge in [0, 0.05) is 6.54 Å². The number of hydrogen-bond donors (Lipinski definition) is 1. The molecule has 0 saturated heterocycles. The van der Waals surface area contributed by atoms with E-state index in [1.807, 2.05) is 12.1 Å². The summed E-state index contributed by atoms with van der Waals surface area (Å²) in [6, 6.07) is 3.72. The summed E-state index contributed by atoms with van der Waals surface area (Å²) in [5, 5.41) is 24.9. The van der Waals surface area contributed by atoms with Crippen LogP contribution in [0.5, 0.6) is 0 Å². The van der Waals surface area contributed by atoms with Crippen LogP contribution in [-0.2, 0) is 4.79 Å². The van der Waals surface area contributed by atoms with Gasteiger partial charge in [-0.2, -0.15) is 10.5 Å². The topological polar surface area (TPSA) is 88.1 Å². The predicted octanol–water partition coefficient (Wildman–Crippen LogP) is -0.190. The van der Waals surface area contributed by atoms with Gasteiger partial charge >= 0.3 is 5.97 Å². The second-order valence-corrected chi connectivity index (χ2v) is 2.17. The first kappa shape index (κ1) is 10.4. The zero-order valence-corrected chi connectivity index (χ0v) is 6.53. The smallest absolute Gasteiger partial charge is 0.304 e. The lowest BCUT2D eigenvalue weighted by Crippen LogP contribution is -2.27. The molecule has 0 amide bonds. The number of aliphatic carboxylic acids is 1. The second-order valence-electron chi connectivity index (χ2n) is 2.17. The second kappa shape index (κ2) is 6.14. The first-order valence-electron chi connectivity index (χ1n) is 3.38. The fraction of sp³-hybridized carbons (Fsp3) is 0.571. The van der Waals surface area contributed by atoms with Gasteiger partial charge in [0.05, 0.1) is 31.6 Å². The van der Waals surface area contributed by atoms with E-state index in [4.69, 9.17) is 15.6 Å². The van der Waals surface area contributed by atoms with Gasteiger partial charge in [-0.15, -0.1) is 0 Å². The van der Waals surface area contributed by atoms with Crippen LogP contribution in [0.4, 0.5) is 0 Å². The fourth-order valence-corrected chi connectivity index (χ4v) is 0.668. The van der Waals surface area contributed by atoms with Crippen molar-refractivity contribution in [3.8, 4) is 12.1 Å². The molecular weight excluding hydrogens is 158 g/mol. The van der Waals surface area contributed by atoms with Crippen LogP contribution in [0.1, 0.15) is 6.42 Å². The number of carboxylic acids is 1. The van der Waals surface area contributed by atoms with Crippen LogP contribution in [0.2, 0.25) is 0 Å². The van der Waals surface area contributed by atoms with Gasteiger partial charge in [-0.1, -0.05) is 0 Å². The largest absolute Gasteiger partial charge is 0.481 e. The minimum Gasteiger partial charge on any atom is -0.481 e. The highest BCUT2D eigenvalue weighted by Gasteiger charge is 2.05. The lowest BCUT2D eigenvalue weighted by molar-refractivity contribution is -0.137. The molecule has 0 spiro atoms. The van der Waals surface area contributed by atoms with Crippen molar-refractivity contribution in [2.24, 2.45) is 0 Å². The van der Waals surface area contributed by atoms with Gasteiger partial charge in [0.15, 0.2) is 0 Å². The summed E-state index contributed by atoms with van der Waals surface area (Å²) in [6.07, 6.45) is -0.0383. The normalized spacial score (nSPS) is 8.92. The molecule has 5 nitrogen and oxygen atoms in total. The molecule has 0 aliphatic heterocycles. The van der Waals surface area contributed by atoms with E-state index in [2.05, 4.69) is 0 Å². The number of nitriles is 2. The van der Waals surface area contributed by atoms with Crippen molar-refractivity contribution in [1.82, 2.24) is 4.90 Å². The summed E-state index contributed by atoms with van der Waals surface area (Å²) in [6.45, 7) is 0.443. The quantitative estimate of drug-likeness (QED) is 0.573. The summed E-state index contributed by atoms with van der Waals surface area (Å²) in [5.74, 6) is -0.920. The van der Waals surface area contributed by atoms with Gasteiger partial charge < -0.3 is 5.11 Å². The van der Waals surface area contributed by atoms with E-state index in [9.17, 15) is 4.79 Å². The maximum Gasteiger partial charge on any atom is 0.304 e. The summed E-state index contributed by atoms with van der Waals surface area (Å²) < 4.78 is 0. The number of nitrogens with zero attached hydrogens (tertiary/aromatic N) is 3. The first-order valence-corrected chi connectivity index (χ1v) is 3.38. The monoisotopic (exact) mass is 167 g/mol. The molecule has 0 unspecified atom stereocenters. The molecule has 0 aliphatic rings. The Morgan fingerprint density at radius 1 is 1.33 bits per heavy atom. The standard InChI is InChI=1S/C7H9N3O2/c8-2-5-10(6-3-9)4-1-7(11)12/h1,4-6H2,(H,11,12). The van der Waals surface area contributed by atoms with Crippen molar-refractivity contribution < 1.29 is 9.90 Å². The van der Waals surface area contributed by atoms with E-state index >= 15 is 0 Å². The van der Waals surface area contributed by atoms with Gasteiger partial charge in [-0.25, -0.2) is 0 Å². The van der Waals surface area contributed by atoms with Gasteiger partial charge in [-0.05, 0) is 0 Å². The SMILES string of the molecule is N#CCN(CC#N)CCC(=O)O. The highest BCUT2D eigenvalue weighted by atomic mass is 16.4. The maximum atomic E-state index is 10.1. The van der Waals surface area contributed by atoms with Gasteiger partial charge in [-0.3, -0.25) is 9.69 Å². The van der Waals surface area contributed by atoms with Gasteiger partial charge in [0.2, 0.25) is 0 Å². The molecule has 1 N–H and O–H groups in total. The Balaban J connectivity index is 3.73. The van der Waals surface area contributed by atoms with Crippen molar-refractivity contribution in [3.05, 3.63) is 0 Å². The predicted molar refractivity (Wildman–Crippen MR) is 39.9 cm³/mol. The fourth-order valence-electron chi connectivity index (χ4n) is 0.668. The third kappa shape index (κ3) is 5.21. The Morgan fingerprint density at radius 3 is 2.17 bits per heavy atom. The molecule has 0 aromatic rings. The van der Waals surface area contributed by atoms with Crippen LogP contribution < -0.4 is 0 Å². The molecule has 5 heteroatoms. The molecular formula is C7H9N3O2. The maximum absolute atomic E-state index is 10.1. The average molecular weight is 167 g/mol. The Bertz CT molecular complexity index is 210. The molecule has 0 rings (SSSR count). The van der Waals surface area contributed by atoms with E-state index in [-0.39, 0.29) is 26.1 Å². The highest BCUT2D eigenvalue weighted by Crippen LogP contribution is 1.89. The van der Waals surface area contributed by atoms with Crippen molar-refractivity contribution in [1.29, 1.82) is 10.5 Å². The van der Waals surface area contributed by atoms with Crippen molar-refractivity contribution >= 4 is 5.97 Å². The van der Waals surface area contributed by atoms with E-state index in [1.54, 1.807) is 0 Å². The van der Waals surface area contributed by atoms with Crippen LogP contribution in [0.15, 0.2) is 0 Å². The van der Waals surface area contributed by atoms with Crippen LogP contribution in [0.25, 0.3) is 0 Å². The third-order valence-corrected chi connectivity index (χ3v) is 1.23. The molecule has 0 aliphatic carbocycles. The Morgan fingerprint density at radius 2 is 1.83 bits per heavy atom. The van der Waals surface area contributed by atoms with Gasteiger partial charge in [0.1, 0.15) is 0 Å². The zero-order valence-electron chi connectivity index (χ0n) is 6.53. The molecule has 0 saturated carbocycles. The third-order valence-electron chi connectivity index (χ3n) is 1.23. The van der Waals surface area contributed by atoms with Crippen LogP contribution >= 0.6 is 0 Å². The molecule has 0 bridgehead atoms. The first-order chi connectivity index (χ1) is 5.70. The number of carboxylic acid groups (broad SMARTS) is 1. The lowest BCUT2D eigenvalue weighted by Gasteiger charge is -2.12. The minimum atomic E-state index is -0.920. The highest BCUT2D eigenvalue weighted by molar-refractivity contribution is 5.66. The molecule has 12 heavy (non-hydrogen) atoms. The molecule has 0 aromatic heterocycles. The Hall–Kier alpha value is -1.59. The van der Waals surface area contributed by atoms with E-state index in [0.29, 0.717) is 0 Å². The van der Waals surface area contributed by atoms with Crippen LogP contribution in [0.3, 0.4) is 0 Å². The molecule has 0 atom stereocenters. The molecule has 0 heterocycles.